The van der Waals surface area contributed by atoms with Gasteiger partial charge in [-0.25, -0.2) is 4.90 Å². The van der Waals surface area contributed by atoms with E-state index < -0.39 is 104 Å². The normalized spacial score (nSPS) is 14.6. The Morgan fingerprint density at radius 2 is 1.07 bits per heavy atom. The summed E-state index contributed by atoms with van der Waals surface area (Å²) >= 11 is 1.83. The molecule has 90 heavy (non-hydrogen) atoms. The molecule has 1 atom stereocenters. The first-order chi connectivity index (χ1) is 43.3. The molecule has 0 aliphatic carbocycles. The number of halogens is 3. The first kappa shape index (κ1) is 69.1. The van der Waals surface area contributed by atoms with Crippen LogP contribution < -0.4 is 42.0 Å². The summed E-state index contributed by atoms with van der Waals surface area (Å²) in [6, 6.07) is 23.2. The highest BCUT2D eigenvalue weighted by molar-refractivity contribution is 8.08. The average Bonchev–Trinajstić information content (AvgIpc) is 1.64. The number of nitrogens with zero attached hydrogens (tertiary/aromatic N) is 3. The lowest BCUT2D eigenvalue weighted by Crippen LogP contribution is -2.52. The lowest BCUT2D eigenvalue weighted by molar-refractivity contribution is -0.139. The second kappa shape index (κ2) is 35.1. The van der Waals surface area contributed by atoms with E-state index in [4.69, 9.17) is 38.9 Å². The topological polar surface area (TPSA) is 331 Å². The minimum atomic E-state index is -5.00. The molecule has 4 aromatic rings. The lowest BCUT2D eigenvalue weighted by atomic mass is 10.1. The molecule has 0 saturated carbocycles. The molecule has 2 fully saturated rings. The SMILES string of the molecule is NC(=O)COCNC(=O)CNC(=O)C(Cc1ccccc1)NC(=O)CNC(=O)CNC(=O)COCCOCCOCCOc1ccc(N2C(=O)C(Sc3ccc(C(=O)N4CCOCC4)cc3)=C(Sc3ccc(C(=O)N4CCOCC4)cc3)C2=O)cc1C(F)(F)F. The van der Waals surface area contributed by atoms with Crippen molar-refractivity contribution in [2.45, 2.75) is 28.4 Å². The van der Waals surface area contributed by atoms with Crippen LogP contribution in [0.25, 0.3) is 0 Å². The number of morpholine rings is 2. The third-order valence-electron chi connectivity index (χ3n) is 13.1. The Labute approximate surface area is 522 Å². The van der Waals surface area contributed by atoms with Gasteiger partial charge in [0.25, 0.3) is 23.6 Å². The molecule has 482 valence electrons. The Morgan fingerprint density at radius 3 is 1.61 bits per heavy atom. The minimum Gasteiger partial charge on any atom is -0.491 e. The van der Waals surface area contributed by atoms with Crippen molar-refractivity contribution in [3.8, 4) is 5.75 Å². The van der Waals surface area contributed by atoms with Gasteiger partial charge in [0, 0.05) is 53.5 Å². The quantitative estimate of drug-likeness (QED) is 0.0223. The number of amides is 10. The van der Waals surface area contributed by atoms with Gasteiger partial charge in [-0.15, -0.1) is 0 Å². The number of ether oxygens (including phenoxy) is 7. The number of alkyl halides is 3. The first-order valence-electron chi connectivity index (χ1n) is 28.1. The van der Waals surface area contributed by atoms with Crippen LogP contribution in [0.15, 0.2) is 117 Å². The van der Waals surface area contributed by atoms with Gasteiger partial charge in [-0.1, -0.05) is 53.9 Å². The molecule has 2 saturated heterocycles. The number of hydrogen-bond donors (Lipinski definition) is 6. The van der Waals surface area contributed by atoms with Crippen LogP contribution in [-0.2, 0) is 79.4 Å². The van der Waals surface area contributed by atoms with Crippen molar-refractivity contribution in [1.82, 2.24) is 36.4 Å². The van der Waals surface area contributed by atoms with E-state index in [1.807, 2.05) is 0 Å². The van der Waals surface area contributed by atoms with Gasteiger partial charge < -0.3 is 75.3 Å². The number of carbonyl (C=O) groups is 10. The largest absolute Gasteiger partial charge is 0.491 e. The number of nitrogens with one attached hydrogen (secondary N) is 5. The van der Waals surface area contributed by atoms with Crippen LogP contribution in [0.1, 0.15) is 31.8 Å². The van der Waals surface area contributed by atoms with Crippen LogP contribution in [0, 0.1) is 0 Å². The summed E-state index contributed by atoms with van der Waals surface area (Å²) in [6.07, 6.45) is -4.95. The number of primary amides is 1. The van der Waals surface area contributed by atoms with Gasteiger partial charge >= 0.3 is 6.18 Å². The monoisotopic (exact) mass is 1290 g/mol. The molecular formula is C59H66F3N9O17S2. The number of benzene rings is 4. The number of anilines is 1. The van der Waals surface area contributed by atoms with Crippen molar-refractivity contribution in [2.75, 3.05) is 137 Å². The van der Waals surface area contributed by atoms with E-state index in [-0.39, 0.29) is 80.1 Å². The maximum Gasteiger partial charge on any atom is 0.420 e. The van der Waals surface area contributed by atoms with E-state index in [0.29, 0.717) is 90.1 Å². The lowest BCUT2D eigenvalue weighted by Gasteiger charge is -2.26. The number of carbonyl (C=O) groups excluding carboxylic acids is 10. The minimum absolute atomic E-state index is 0.0000729. The molecule has 0 bridgehead atoms. The maximum absolute atomic E-state index is 14.7. The first-order valence-corrected chi connectivity index (χ1v) is 29.7. The van der Waals surface area contributed by atoms with Gasteiger partial charge in [0.15, 0.2) is 0 Å². The summed E-state index contributed by atoms with van der Waals surface area (Å²) in [5, 5.41) is 11.9. The molecule has 3 aliphatic heterocycles. The molecule has 7 rings (SSSR count). The molecule has 7 N–H and O–H groups in total. The molecule has 3 aliphatic rings. The highest BCUT2D eigenvalue weighted by Crippen LogP contribution is 2.46. The summed E-state index contributed by atoms with van der Waals surface area (Å²) < 4.78 is 81.3. The standard InChI is InChI=1S/C59H66F3N9O17S2/c60-59(61,62)44-31-41(71-57(80)52(89-42-11-6-39(7-12-42)55(78)69-16-20-82-21-17-69)53(58(71)81)90-43-13-8-40(9-14-43)56(79)70-18-22-83-23-19-70)10-15-46(44)88-29-28-85-25-24-84-26-27-86-36-51(76)65-32-48(73)64-34-50(75)68-45(30-38-4-2-1-3-5-38)54(77)66-33-49(74)67-37-87-35-47(63)72/h1-15,31,45H,16-30,32-37H2,(H2,63,72)(H,64,73)(H,65,76)(H,66,77)(H,67,74)(H,68,75). The fourth-order valence-electron chi connectivity index (χ4n) is 8.60. The number of nitrogens with two attached hydrogens (primary N) is 1. The number of thioether (sulfide) groups is 2. The second-order valence-corrected chi connectivity index (χ2v) is 21.8. The van der Waals surface area contributed by atoms with E-state index in [1.165, 1.54) is 0 Å². The van der Waals surface area contributed by atoms with E-state index in [9.17, 15) is 61.1 Å². The molecule has 1 unspecified atom stereocenters. The van der Waals surface area contributed by atoms with Crippen LogP contribution in [0.3, 0.4) is 0 Å². The van der Waals surface area contributed by atoms with Crippen molar-refractivity contribution in [3.63, 3.8) is 0 Å². The van der Waals surface area contributed by atoms with Crippen molar-refractivity contribution < 1.29 is 94.3 Å². The fourth-order valence-corrected chi connectivity index (χ4v) is 10.6. The predicted octanol–water partition coefficient (Wildman–Crippen LogP) is 1.40. The van der Waals surface area contributed by atoms with Crippen molar-refractivity contribution >= 4 is 88.3 Å². The third kappa shape index (κ3) is 21.7. The predicted molar refractivity (Wildman–Crippen MR) is 316 cm³/mol. The van der Waals surface area contributed by atoms with Gasteiger partial charge in [-0.3, -0.25) is 47.9 Å². The summed E-state index contributed by atoms with van der Waals surface area (Å²) in [7, 11) is 0. The van der Waals surface area contributed by atoms with Gasteiger partial charge in [0.2, 0.25) is 35.4 Å². The van der Waals surface area contributed by atoms with Crippen LogP contribution in [-0.4, -0.2) is 207 Å². The Morgan fingerprint density at radius 1 is 0.567 bits per heavy atom. The van der Waals surface area contributed by atoms with Crippen LogP contribution >= 0.6 is 23.5 Å². The van der Waals surface area contributed by atoms with E-state index in [1.54, 1.807) is 88.7 Å². The molecule has 4 aromatic carbocycles. The van der Waals surface area contributed by atoms with Gasteiger partial charge in [0.05, 0.1) is 100 Å². The fraction of sp³-hybridized carbons (Fsp3) is 0.390. The van der Waals surface area contributed by atoms with E-state index >= 15 is 0 Å². The van der Waals surface area contributed by atoms with Gasteiger partial charge in [0.1, 0.15) is 38.3 Å². The smallest absolute Gasteiger partial charge is 0.420 e. The second-order valence-electron chi connectivity index (χ2n) is 19.6. The molecule has 31 heteroatoms. The summed E-state index contributed by atoms with van der Waals surface area (Å²) in [6.45, 7) is 0.0771. The Bertz CT molecular complexity index is 3110. The van der Waals surface area contributed by atoms with Crippen LogP contribution in [0.4, 0.5) is 18.9 Å². The molecule has 0 spiro atoms. The number of hydrogen-bond acceptors (Lipinski definition) is 19. The van der Waals surface area contributed by atoms with Crippen molar-refractivity contribution in [3.05, 3.63) is 129 Å². The van der Waals surface area contributed by atoms with Crippen molar-refractivity contribution in [2.24, 2.45) is 5.73 Å². The Balaban J connectivity index is 0.820. The zero-order valence-electron chi connectivity index (χ0n) is 48.5. The molecule has 0 aromatic heterocycles. The van der Waals surface area contributed by atoms with Crippen LogP contribution in [0.5, 0.6) is 5.75 Å². The zero-order valence-corrected chi connectivity index (χ0v) is 50.1. The number of imide groups is 1. The van der Waals surface area contributed by atoms with Gasteiger partial charge in [-0.2, -0.15) is 13.2 Å². The van der Waals surface area contributed by atoms with Crippen molar-refractivity contribution in [1.29, 1.82) is 0 Å². The molecule has 3 heterocycles. The molecule has 0 radical (unpaired) electrons. The highest BCUT2D eigenvalue weighted by atomic mass is 32.2. The molecule has 10 amide bonds. The Hall–Kier alpha value is -8.43. The molecule has 26 nitrogen and oxygen atoms in total. The molecular weight excluding hydrogens is 1230 g/mol. The summed E-state index contributed by atoms with van der Waals surface area (Å²) in [5.41, 5.74) is 4.80. The average molecular weight is 1290 g/mol. The highest BCUT2D eigenvalue weighted by Gasteiger charge is 2.43. The maximum atomic E-state index is 14.7. The summed E-state index contributed by atoms with van der Waals surface area (Å²) in [4.78, 5) is 133. The Kier molecular flexibility index (Phi) is 26.9. The van der Waals surface area contributed by atoms with E-state index in [2.05, 4.69) is 26.6 Å². The van der Waals surface area contributed by atoms with Crippen LogP contribution in [0.2, 0.25) is 0 Å². The summed E-state index contributed by atoms with van der Waals surface area (Å²) in [5.74, 6) is -7.00. The van der Waals surface area contributed by atoms with Gasteiger partial charge in [-0.05, 0) is 72.3 Å². The van der Waals surface area contributed by atoms with E-state index in [0.717, 1.165) is 35.7 Å². The third-order valence-corrected chi connectivity index (χ3v) is 15.4. The number of rotatable bonds is 33. The zero-order chi connectivity index (χ0) is 64.4.